The number of aliphatic hydroxyl groups is 1. The van der Waals surface area contributed by atoms with Gasteiger partial charge in [0, 0.05) is 6.42 Å². The van der Waals surface area contributed by atoms with E-state index in [1.165, 1.54) is 0 Å². The van der Waals surface area contributed by atoms with Gasteiger partial charge in [-0.25, -0.2) is 0 Å². The second-order valence-corrected chi connectivity index (χ2v) is 3.21. The van der Waals surface area contributed by atoms with Gasteiger partial charge in [-0.1, -0.05) is 0 Å². The molecule has 0 aliphatic heterocycles. The number of hydrogen-bond donors (Lipinski definition) is 1. The number of rotatable bonds is 2. The zero-order valence-corrected chi connectivity index (χ0v) is 7.66. The number of ether oxygens (including phenoxy) is 1. The number of hydrogen-bond acceptors (Lipinski definition) is 4. The minimum Gasteiger partial charge on any atom is -0.465 e. The Labute approximate surface area is 76.9 Å². The van der Waals surface area contributed by atoms with Gasteiger partial charge in [-0.05, 0) is 19.8 Å². The van der Waals surface area contributed by atoms with Crippen LogP contribution in [0.4, 0.5) is 0 Å². The van der Waals surface area contributed by atoms with Crippen LogP contribution < -0.4 is 0 Å². The third-order valence-electron chi connectivity index (χ3n) is 2.19. The normalized spacial score (nSPS) is 28.6. The van der Waals surface area contributed by atoms with Crippen molar-refractivity contribution in [2.24, 2.45) is 5.92 Å². The van der Waals surface area contributed by atoms with Crippen LogP contribution in [-0.4, -0.2) is 29.6 Å². The molecule has 0 aromatic rings. The van der Waals surface area contributed by atoms with Gasteiger partial charge in [0.25, 0.3) is 0 Å². The van der Waals surface area contributed by atoms with Crippen LogP contribution in [0.2, 0.25) is 0 Å². The molecule has 1 aliphatic rings. The summed E-state index contributed by atoms with van der Waals surface area (Å²) >= 11 is 0. The molecule has 1 aliphatic carbocycles. The average molecular weight is 186 g/mol. The van der Waals surface area contributed by atoms with Crippen LogP contribution in [0.3, 0.4) is 0 Å². The zero-order chi connectivity index (χ0) is 9.84. The Kier molecular flexibility index (Phi) is 3.42. The highest BCUT2D eigenvalue weighted by Crippen LogP contribution is 2.22. The molecule has 4 heteroatoms. The molecule has 1 rings (SSSR count). The van der Waals surface area contributed by atoms with Gasteiger partial charge in [0.1, 0.15) is 11.7 Å². The van der Waals surface area contributed by atoms with Crippen LogP contribution in [0.1, 0.15) is 26.2 Å². The molecule has 0 amide bonds. The van der Waals surface area contributed by atoms with Crippen LogP contribution in [0.25, 0.3) is 0 Å². The monoisotopic (exact) mass is 186 g/mol. The smallest absolute Gasteiger partial charge is 0.316 e. The Morgan fingerprint density at radius 2 is 2.31 bits per heavy atom. The van der Waals surface area contributed by atoms with Crippen molar-refractivity contribution in [3.05, 3.63) is 0 Å². The fourth-order valence-electron chi connectivity index (χ4n) is 1.49. The summed E-state index contributed by atoms with van der Waals surface area (Å²) in [5.41, 5.74) is 0. The van der Waals surface area contributed by atoms with Crippen molar-refractivity contribution in [3.8, 4) is 0 Å². The number of aliphatic hydroxyl groups excluding tert-OH is 1. The van der Waals surface area contributed by atoms with Crippen molar-refractivity contribution in [2.75, 3.05) is 6.61 Å². The molecule has 0 spiro atoms. The molecule has 0 radical (unpaired) electrons. The highest BCUT2D eigenvalue weighted by Gasteiger charge is 2.33. The van der Waals surface area contributed by atoms with Crippen molar-refractivity contribution in [1.29, 1.82) is 0 Å². The summed E-state index contributed by atoms with van der Waals surface area (Å²) in [6.07, 6.45) is 0.440. The van der Waals surface area contributed by atoms with Crippen LogP contribution in [-0.2, 0) is 14.3 Å². The summed E-state index contributed by atoms with van der Waals surface area (Å²) in [6, 6.07) is 0. The van der Waals surface area contributed by atoms with Crippen LogP contribution >= 0.6 is 0 Å². The summed E-state index contributed by atoms with van der Waals surface area (Å²) in [7, 11) is 0. The van der Waals surface area contributed by atoms with Gasteiger partial charge >= 0.3 is 5.97 Å². The molecule has 0 aromatic carbocycles. The van der Waals surface area contributed by atoms with E-state index in [2.05, 4.69) is 0 Å². The Balaban J connectivity index is 2.51. The van der Waals surface area contributed by atoms with E-state index in [1.807, 2.05) is 0 Å². The van der Waals surface area contributed by atoms with Gasteiger partial charge in [0.15, 0.2) is 0 Å². The second-order valence-electron chi connectivity index (χ2n) is 3.21. The first-order valence-corrected chi connectivity index (χ1v) is 4.52. The molecule has 2 atom stereocenters. The zero-order valence-electron chi connectivity index (χ0n) is 7.66. The third kappa shape index (κ3) is 2.52. The van der Waals surface area contributed by atoms with Crippen molar-refractivity contribution in [2.45, 2.75) is 32.3 Å². The maximum atomic E-state index is 11.3. The minimum atomic E-state index is -0.636. The van der Waals surface area contributed by atoms with Gasteiger partial charge < -0.3 is 9.84 Å². The highest BCUT2D eigenvalue weighted by molar-refractivity contribution is 5.99. The van der Waals surface area contributed by atoms with Gasteiger partial charge in [-0.15, -0.1) is 0 Å². The van der Waals surface area contributed by atoms with E-state index in [9.17, 15) is 9.59 Å². The van der Waals surface area contributed by atoms with E-state index in [0.29, 0.717) is 19.4 Å². The third-order valence-corrected chi connectivity index (χ3v) is 2.19. The Hall–Kier alpha value is -0.900. The molecule has 4 nitrogen and oxygen atoms in total. The Bertz CT molecular complexity index is 204. The lowest BCUT2D eigenvalue weighted by atomic mass is 9.86. The first-order chi connectivity index (χ1) is 6.15. The Morgan fingerprint density at radius 1 is 1.62 bits per heavy atom. The quantitative estimate of drug-likeness (QED) is 0.497. The van der Waals surface area contributed by atoms with Crippen molar-refractivity contribution < 1.29 is 19.4 Å². The number of carbonyl (C=O) groups is 2. The molecular weight excluding hydrogens is 172 g/mol. The van der Waals surface area contributed by atoms with E-state index < -0.39 is 18.0 Å². The number of ketones is 1. The molecule has 2 unspecified atom stereocenters. The molecular formula is C9H14O4. The summed E-state index contributed by atoms with van der Waals surface area (Å²) in [6.45, 7) is 2.01. The minimum absolute atomic E-state index is 0.0868. The topological polar surface area (TPSA) is 63.6 Å². The highest BCUT2D eigenvalue weighted by atomic mass is 16.5. The maximum Gasteiger partial charge on any atom is 0.316 e. The lowest BCUT2D eigenvalue weighted by Gasteiger charge is -2.22. The summed E-state index contributed by atoms with van der Waals surface area (Å²) < 4.78 is 4.75. The van der Waals surface area contributed by atoms with E-state index in [0.717, 1.165) is 0 Å². The molecule has 1 fully saturated rings. The van der Waals surface area contributed by atoms with Crippen LogP contribution in [0.15, 0.2) is 0 Å². The predicted molar refractivity (Wildman–Crippen MR) is 45.0 cm³/mol. The second kappa shape index (κ2) is 4.37. The number of esters is 1. The van der Waals surface area contributed by atoms with Gasteiger partial charge in [0.05, 0.1) is 12.7 Å². The molecule has 1 N–H and O–H groups in total. The van der Waals surface area contributed by atoms with E-state index in [1.54, 1.807) is 6.92 Å². The Morgan fingerprint density at radius 3 is 2.85 bits per heavy atom. The average Bonchev–Trinajstić information content (AvgIpc) is 2.04. The van der Waals surface area contributed by atoms with E-state index in [-0.39, 0.29) is 12.2 Å². The summed E-state index contributed by atoms with van der Waals surface area (Å²) in [5.74, 6) is -1.28. The molecule has 13 heavy (non-hydrogen) atoms. The van der Waals surface area contributed by atoms with E-state index in [4.69, 9.17) is 9.84 Å². The molecule has 1 saturated carbocycles. The van der Waals surface area contributed by atoms with Gasteiger partial charge in [0.2, 0.25) is 0 Å². The van der Waals surface area contributed by atoms with Gasteiger partial charge in [-0.3, -0.25) is 9.59 Å². The fourth-order valence-corrected chi connectivity index (χ4v) is 1.49. The molecule has 0 heterocycles. The van der Waals surface area contributed by atoms with Gasteiger partial charge in [-0.2, -0.15) is 0 Å². The van der Waals surface area contributed by atoms with Crippen LogP contribution in [0.5, 0.6) is 0 Å². The van der Waals surface area contributed by atoms with Crippen LogP contribution in [0, 0.1) is 5.92 Å². The van der Waals surface area contributed by atoms with E-state index >= 15 is 0 Å². The lowest BCUT2D eigenvalue weighted by Crippen LogP contribution is -2.34. The molecule has 74 valence electrons. The first kappa shape index (κ1) is 10.2. The molecule has 0 saturated heterocycles. The van der Waals surface area contributed by atoms with Crippen molar-refractivity contribution >= 4 is 11.8 Å². The number of Topliss-reactive ketones (excluding diaryl/α,β-unsaturated/α-hetero) is 1. The largest absolute Gasteiger partial charge is 0.465 e. The fraction of sp³-hybridized carbons (Fsp3) is 0.778. The predicted octanol–water partition coefficient (Wildman–Crippen LogP) is 0.280. The maximum absolute atomic E-state index is 11.3. The first-order valence-electron chi connectivity index (χ1n) is 4.52. The SMILES string of the molecule is CCOC(=O)C1CCC(O)CC1=O. The summed E-state index contributed by atoms with van der Waals surface area (Å²) in [4.78, 5) is 22.5. The lowest BCUT2D eigenvalue weighted by molar-refractivity contribution is -0.153. The van der Waals surface area contributed by atoms with Crippen molar-refractivity contribution in [3.63, 3.8) is 0 Å². The van der Waals surface area contributed by atoms with Crippen molar-refractivity contribution in [1.82, 2.24) is 0 Å². The number of carbonyl (C=O) groups excluding carboxylic acids is 2. The molecule has 0 aromatic heterocycles. The molecule has 0 bridgehead atoms. The standard InChI is InChI=1S/C9H14O4/c1-2-13-9(12)7-4-3-6(10)5-8(7)11/h6-7,10H,2-5H2,1H3. The summed E-state index contributed by atoms with van der Waals surface area (Å²) in [5, 5.41) is 9.14.